The van der Waals surface area contributed by atoms with Gasteiger partial charge in [-0.15, -0.1) is 0 Å². The van der Waals surface area contributed by atoms with Gasteiger partial charge in [-0.25, -0.2) is 9.48 Å². The Bertz CT molecular complexity index is 917. The molecule has 0 bridgehead atoms. The number of aromatic nitrogens is 2. The summed E-state index contributed by atoms with van der Waals surface area (Å²) in [5, 5.41) is 6.87. The number of anilines is 1. The summed E-state index contributed by atoms with van der Waals surface area (Å²) in [6, 6.07) is 16.5. The molecule has 0 fully saturated rings. The fourth-order valence-electron chi connectivity index (χ4n) is 2.55. The summed E-state index contributed by atoms with van der Waals surface area (Å²) < 4.78 is 6.77. The second kappa shape index (κ2) is 8.85. The minimum atomic E-state index is -0.544. The van der Waals surface area contributed by atoms with Gasteiger partial charge in [-0.1, -0.05) is 12.1 Å². The number of nitrogens with zero attached hydrogens (tertiary/aromatic N) is 3. The van der Waals surface area contributed by atoms with E-state index in [0.29, 0.717) is 12.1 Å². The van der Waals surface area contributed by atoms with Crippen LogP contribution in [-0.4, -0.2) is 42.4 Å². The average Bonchev–Trinajstić information content (AvgIpc) is 3.25. The first kappa shape index (κ1) is 19.2. The van der Waals surface area contributed by atoms with Crippen molar-refractivity contribution in [3.05, 3.63) is 78.1 Å². The summed E-state index contributed by atoms with van der Waals surface area (Å²) in [5.74, 6) is -0.893. The highest BCUT2D eigenvalue weighted by Gasteiger charge is 2.10. The monoisotopic (exact) mass is 378 g/mol. The summed E-state index contributed by atoms with van der Waals surface area (Å²) in [5.41, 5.74) is 3.27. The Morgan fingerprint density at radius 3 is 2.39 bits per heavy atom. The lowest BCUT2D eigenvalue weighted by Gasteiger charge is -2.13. The zero-order valence-corrected chi connectivity index (χ0v) is 15.8. The molecule has 0 saturated carbocycles. The van der Waals surface area contributed by atoms with Gasteiger partial charge in [0.05, 0.1) is 11.3 Å². The van der Waals surface area contributed by atoms with Crippen molar-refractivity contribution in [1.82, 2.24) is 15.1 Å². The Kier molecular flexibility index (Phi) is 6.06. The number of rotatable bonds is 7. The largest absolute Gasteiger partial charge is 0.452 e. The van der Waals surface area contributed by atoms with E-state index < -0.39 is 5.97 Å². The zero-order valence-electron chi connectivity index (χ0n) is 15.8. The van der Waals surface area contributed by atoms with E-state index in [2.05, 4.69) is 10.4 Å². The van der Waals surface area contributed by atoms with Crippen LogP contribution in [0.15, 0.2) is 67.0 Å². The third kappa shape index (κ3) is 4.97. The zero-order chi connectivity index (χ0) is 19.9. The third-order valence-corrected chi connectivity index (χ3v) is 4.15. The first-order chi connectivity index (χ1) is 13.5. The lowest BCUT2D eigenvalue weighted by atomic mass is 10.2. The number of amides is 1. The van der Waals surface area contributed by atoms with Crippen LogP contribution in [0, 0.1) is 0 Å². The number of carbonyl (C=O) groups excluding carboxylic acids is 2. The molecule has 7 heteroatoms. The van der Waals surface area contributed by atoms with Gasteiger partial charge in [-0.3, -0.25) is 4.79 Å². The quantitative estimate of drug-likeness (QED) is 0.639. The summed E-state index contributed by atoms with van der Waals surface area (Å²) in [6.07, 6.45) is 3.49. The molecule has 0 saturated heterocycles. The van der Waals surface area contributed by atoms with Gasteiger partial charge in [0.2, 0.25) is 0 Å². The Morgan fingerprint density at radius 2 is 1.79 bits per heavy atom. The Morgan fingerprint density at radius 1 is 1.07 bits per heavy atom. The Labute approximate surface area is 163 Å². The van der Waals surface area contributed by atoms with Gasteiger partial charge in [0, 0.05) is 38.7 Å². The van der Waals surface area contributed by atoms with E-state index >= 15 is 0 Å². The lowest BCUT2D eigenvalue weighted by Crippen LogP contribution is -2.28. The Hall–Kier alpha value is -3.61. The Balaban J connectivity index is 1.45. The number of benzene rings is 2. The third-order valence-electron chi connectivity index (χ3n) is 4.15. The van der Waals surface area contributed by atoms with Crippen molar-refractivity contribution < 1.29 is 14.3 Å². The number of esters is 1. The van der Waals surface area contributed by atoms with Crippen molar-refractivity contribution in [3.8, 4) is 5.69 Å². The minimum Gasteiger partial charge on any atom is -0.452 e. The van der Waals surface area contributed by atoms with E-state index in [0.717, 1.165) is 16.9 Å². The first-order valence-corrected chi connectivity index (χ1v) is 8.83. The maximum Gasteiger partial charge on any atom is 0.338 e. The molecule has 2 aromatic carbocycles. The second-order valence-electron chi connectivity index (χ2n) is 6.41. The number of nitrogens with one attached hydrogen (secondary N) is 1. The molecule has 1 N–H and O–H groups in total. The molecular formula is C21H22N4O3. The van der Waals surface area contributed by atoms with Crippen LogP contribution in [0.4, 0.5) is 5.69 Å². The molecule has 7 nitrogen and oxygen atoms in total. The van der Waals surface area contributed by atoms with Crippen LogP contribution in [0.1, 0.15) is 15.9 Å². The highest BCUT2D eigenvalue weighted by Crippen LogP contribution is 2.12. The predicted octanol–water partition coefficient (Wildman–Crippen LogP) is 2.41. The molecule has 28 heavy (non-hydrogen) atoms. The molecule has 1 aromatic heterocycles. The fourth-order valence-corrected chi connectivity index (χ4v) is 2.55. The molecule has 0 aliphatic heterocycles. The predicted molar refractivity (Wildman–Crippen MR) is 106 cm³/mol. The second-order valence-corrected chi connectivity index (χ2v) is 6.41. The van der Waals surface area contributed by atoms with Crippen molar-refractivity contribution in [2.75, 3.05) is 25.6 Å². The van der Waals surface area contributed by atoms with E-state index in [1.165, 1.54) is 0 Å². The molecule has 144 valence electrons. The molecule has 0 unspecified atom stereocenters. The van der Waals surface area contributed by atoms with Crippen LogP contribution in [0.3, 0.4) is 0 Å². The number of carbonyl (C=O) groups is 2. The highest BCUT2D eigenvalue weighted by atomic mass is 16.5. The number of ether oxygens (including phenoxy) is 1. The molecule has 0 atom stereocenters. The maximum absolute atomic E-state index is 12.1. The highest BCUT2D eigenvalue weighted by molar-refractivity contribution is 5.91. The van der Waals surface area contributed by atoms with Crippen LogP contribution >= 0.6 is 0 Å². The normalized spacial score (nSPS) is 10.4. The molecule has 0 radical (unpaired) electrons. The van der Waals surface area contributed by atoms with E-state index in [1.807, 2.05) is 55.5 Å². The van der Waals surface area contributed by atoms with Crippen LogP contribution in [0.25, 0.3) is 5.69 Å². The van der Waals surface area contributed by atoms with Crippen LogP contribution in [0.5, 0.6) is 0 Å². The molecular weight excluding hydrogens is 356 g/mol. The van der Waals surface area contributed by atoms with Gasteiger partial charge >= 0.3 is 5.97 Å². The van der Waals surface area contributed by atoms with Gasteiger partial charge in [0.25, 0.3) is 5.91 Å². The minimum absolute atomic E-state index is 0.324. The summed E-state index contributed by atoms with van der Waals surface area (Å²) in [4.78, 5) is 26.0. The van der Waals surface area contributed by atoms with Gasteiger partial charge in [0.1, 0.15) is 0 Å². The maximum atomic E-state index is 12.1. The van der Waals surface area contributed by atoms with Crippen molar-refractivity contribution in [3.63, 3.8) is 0 Å². The molecule has 0 aliphatic carbocycles. The SMILES string of the molecule is CN(C)c1ccc(CNC(=O)COC(=O)c2ccc(-n3cccn3)cc2)cc1. The molecule has 1 heterocycles. The average molecular weight is 378 g/mol. The lowest BCUT2D eigenvalue weighted by molar-refractivity contribution is -0.124. The van der Waals surface area contributed by atoms with Gasteiger partial charge in [-0.05, 0) is 48.0 Å². The van der Waals surface area contributed by atoms with Crippen LogP contribution in [-0.2, 0) is 16.1 Å². The van der Waals surface area contributed by atoms with E-state index in [4.69, 9.17) is 4.74 Å². The van der Waals surface area contributed by atoms with Gasteiger partial charge < -0.3 is 15.0 Å². The summed E-state index contributed by atoms with van der Waals surface area (Å²) in [6.45, 7) is 0.0538. The van der Waals surface area contributed by atoms with Gasteiger partial charge in [0.15, 0.2) is 6.61 Å². The summed E-state index contributed by atoms with van der Waals surface area (Å²) in [7, 11) is 3.94. The number of hydrogen-bond acceptors (Lipinski definition) is 5. The van der Waals surface area contributed by atoms with E-state index in [-0.39, 0.29) is 12.5 Å². The standard InChI is InChI=1S/C21H22N4O3/c1-24(2)18-8-4-16(5-9-18)14-22-20(26)15-28-21(27)17-6-10-19(11-7-17)25-13-3-12-23-25/h3-13H,14-15H2,1-2H3,(H,22,26). The van der Waals surface area contributed by atoms with E-state index in [1.54, 1.807) is 35.1 Å². The van der Waals surface area contributed by atoms with E-state index in [9.17, 15) is 9.59 Å². The number of hydrogen-bond donors (Lipinski definition) is 1. The van der Waals surface area contributed by atoms with Crippen LogP contribution < -0.4 is 10.2 Å². The first-order valence-electron chi connectivity index (χ1n) is 8.83. The molecule has 3 aromatic rings. The topological polar surface area (TPSA) is 76.5 Å². The fraction of sp³-hybridized carbons (Fsp3) is 0.190. The van der Waals surface area contributed by atoms with Gasteiger partial charge in [-0.2, -0.15) is 5.10 Å². The summed E-state index contributed by atoms with van der Waals surface area (Å²) >= 11 is 0. The van der Waals surface area contributed by atoms with Crippen molar-refractivity contribution in [2.45, 2.75) is 6.54 Å². The van der Waals surface area contributed by atoms with Crippen LogP contribution in [0.2, 0.25) is 0 Å². The smallest absolute Gasteiger partial charge is 0.338 e. The molecule has 1 amide bonds. The molecule has 0 aliphatic rings. The van der Waals surface area contributed by atoms with Crippen molar-refractivity contribution in [2.24, 2.45) is 0 Å². The van der Waals surface area contributed by atoms with Crippen molar-refractivity contribution >= 4 is 17.6 Å². The molecule has 3 rings (SSSR count). The molecule has 0 spiro atoms. The van der Waals surface area contributed by atoms with Crippen molar-refractivity contribution in [1.29, 1.82) is 0 Å².